The Kier molecular flexibility index (Phi) is 6.21. The number of likely N-dealkylation sites (N-methyl/N-ethyl adjacent to an activating group) is 1. The van der Waals surface area contributed by atoms with E-state index in [0.717, 1.165) is 15.9 Å². The van der Waals surface area contributed by atoms with E-state index < -0.39 is 11.2 Å². The molecule has 0 spiro atoms. The van der Waals surface area contributed by atoms with Gasteiger partial charge in [0.1, 0.15) is 11.4 Å². The zero-order chi connectivity index (χ0) is 24.6. The number of anilines is 1. The Morgan fingerprint density at radius 1 is 0.912 bits per heavy atom. The molecule has 0 atom stereocenters. The van der Waals surface area contributed by atoms with Crippen molar-refractivity contribution in [2.45, 2.75) is 13.5 Å². The van der Waals surface area contributed by atoms with Crippen LogP contribution in [-0.4, -0.2) is 47.0 Å². The van der Waals surface area contributed by atoms with E-state index in [1.54, 1.807) is 70.5 Å². The molecule has 2 amide bonds. The van der Waals surface area contributed by atoms with Crippen LogP contribution in [0.5, 0.6) is 0 Å². The summed E-state index contributed by atoms with van der Waals surface area (Å²) in [4.78, 5) is 56.6. The summed E-state index contributed by atoms with van der Waals surface area (Å²) in [5.74, 6) is -0.601. The molecule has 9 heteroatoms. The van der Waals surface area contributed by atoms with Crippen molar-refractivity contribution in [2.75, 3.05) is 26.0 Å². The number of thiophene rings is 1. The molecule has 174 valence electrons. The number of carbonyl (C=O) groups is 2. The van der Waals surface area contributed by atoms with E-state index in [4.69, 9.17) is 0 Å². The maximum atomic E-state index is 13.6. The van der Waals surface area contributed by atoms with Gasteiger partial charge in [0.15, 0.2) is 0 Å². The zero-order valence-corrected chi connectivity index (χ0v) is 20.1. The van der Waals surface area contributed by atoms with Crippen LogP contribution in [0.3, 0.4) is 0 Å². The maximum Gasteiger partial charge on any atom is 0.337 e. The number of carbonyl (C=O) groups excluding carboxylic acids is 2. The molecule has 4 aromatic rings. The predicted molar refractivity (Wildman–Crippen MR) is 134 cm³/mol. The molecule has 0 saturated carbocycles. The third kappa shape index (κ3) is 3.94. The zero-order valence-electron chi connectivity index (χ0n) is 19.3. The highest BCUT2D eigenvalue weighted by Crippen LogP contribution is 2.29. The molecule has 0 aliphatic rings. The normalized spacial score (nSPS) is 10.9. The number of fused-ring (bicyclic) bond motifs is 1. The minimum Gasteiger partial charge on any atom is -0.344 e. The van der Waals surface area contributed by atoms with Gasteiger partial charge >= 0.3 is 5.69 Å². The molecule has 0 saturated heterocycles. The minimum absolute atomic E-state index is 0.258. The summed E-state index contributed by atoms with van der Waals surface area (Å²) in [5, 5.41) is 0.258. The van der Waals surface area contributed by atoms with Gasteiger partial charge in [-0.05, 0) is 36.8 Å². The highest BCUT2D eigenvalue weighted by molar-refractivity contribution is 7.20. The second-order valence-electron chi connectivity index (χ2n) is 8.07. The van der Waals surface area contributed by atoms with Crippen molar-refractivity contribution in [3.05, 3.63) is 91.9 Å². The number of para-hydroxylation sites is 2. The standard InChI is InChI=1S/C25H24N4O4S/c1-16-20-22(31)29(18-13-9-6-10-14-18)25(33)28(24(20)34-21(16)23(32)26(2)3)15-19(30)27(4)17-11-7-5-8-12-17/h5-14H,15H2,1-4H3. The molecule has 34 heavy (non-hydrogen) atoms. The molecule has 0 N–H and O–H groups in total. The van der Waals surface area contributed by atoms with Crippen molar-refractivity contribution < 1.29 is 9.59 Å². The summed E-state index contributed by atoms with van der Waals surface area (Å²) in [5.41, 5.74) is 0.412. The summed E-state index contributed by atoms with van der Waals surface area (Å²) in [6, 6.07) is 17.6. The predicted octanol–water partition coefficient (Wildman–Crippen LogP) is 2.89. The van der Waals surface area contributed by atoms with E-state index >= 15 is 0 Å². The number of hydrogen-bond acceptors (Lipinski definition) is 5. The molecule has 0 bridgehead atoms. The summed E-state index contributed by atoms with van der Waals surface area (Å²) in [6.45, 7) is 1.41. The summed E-state index contributed by atoms with van der Waals surface area (Å²) in [6.07, 6.45) is 0. The molecule has 0 aliphatic carbocycles. The van der Waals surface area contributed by atoms with E-state index in [9.17, 15) is 19.2 Å². The lowest BCUT2D eigenvalue weighted by Gasteiger charge is -2.19. The molecule has 0 radical (unpaired) electrons. The van der Waals surface area contributed by atoms with Gasteiger partial charge in [0, 0.05) is 26.8 Å². The Morgan fingerprint density at radius 2 is 1.50 bits per heavy atom. The van der Waals surface area contributed by atoms with E-state index in [0.29, 0.717) is 26.6 Å². The fourth-order valence-electron chi connectivity index (χ4n) is 3.73. The molecule has 2 aromatic carbocycles. The van der Waals surface area contributed by atoms with E-state index in [-0.39, 0.29) is 23.7 Å². The quantitative estimate of drug-likeness (QED) is 0.443. The van der Waals surface area contributed by atoms with Crippen LogP contribution in [0.15, 0.2) is 70.3 Å². The SMILES string of the molecule is Cc1c(C(=O)N(C)C)sc2c1c(=O)n(-c1ccccc1)c(=O)n2CC(=O)N(C)c1ccccc1. The Bertz CT molecular complexity index is 1500. The van der Waals surface area contributed by atoms with Crippen molar-refractivity contribution in [1.82, 2.24) is 14.0 Å². The van der Waals surface area contributed by atoms with Crippen LogP contribution in [0.4, 0.5) is 5.69 Å². The minimum atomic E-state index is -0.636. The van der Waals surface area contributed by atoms with Gasteiger partial charge in [0.25, 0.3) is 11.5 Å². The summed E-state index contributed by atoms with van der Waals surface area (Å²) < 4.78 is 2.34. The highest BCUT2D eigenvalue weighted by Gasteiger charge is 2.26. The molecule has 0 aliphatic heterocycles. The Hall–Kier alpha value is -3.98. The van der Waals surface area contributed by atoms with Gasteiger partial charge in [-0.25, -0.2) is 9.36 Å². The number of amides is 2. The van der Waals surface area contributed by atoms with Gasteiger partial charge in [-0.3, -0.25) is 19.0 Å². The Balaban J connectivity index is 1.97. The lowest BCUT2D eigenvalue weighted by molar-refractivity contribution is -0.118. The summed E-state index contributed by atoms with van der Waals surface area (Å²) >= 11 is 1.06. The number of hydrogen-bond donors (Lipinski definition) is 0. The lowest BCUT2D eigenvalue weighted by atomic mass is 10.2. The van der Waals surface area contributed by atoms with Gasteiger partial charge < -0.3 is 9.80 Å². The first kappa shape index (κ1) is 23.2. The number of aromatic nitrogens is 2. The molecule has 2 aromatic heterocycles. The fraction of sp³-hybridized carbons (Fsp3) is 0.200. The number of rotatable bonds is 5. The van der Waals surface area contributed by atoms with Crippen LogP contribution in [-0.2, 0) is 11.3 Å². The van der Waals surface area contributed by atoms with Gasteiger partial charge in [-0.2, -0.15) is 0 Å². The third-order valence-electron chi connectivity index (χ3n) is 5.64. The van der Waals surface area contributed by atoms with Gasteiger partial charge in [0.05, 0.1) is 16.0 Å². The first-order valence-electron chi connectivity index (χ1n) is 10.6. The van der Waals surface area contributed by atoms with Crippen molar-refractivity contribution in [3.8, 4) is 5.69 Å². The van der Waals surface area contributed by atoms with Crippen molar-refractivity contribution in [3.63, 3.8) is 0 Å². The van der Waals surface area contributed by atoms with Gasteiger partial charge in [-0.15, -0.1) is 11.3 Å². The van der Waals surface area contributed by atoms with Crippen LogP contribution in [0, 0.1) is 6.92 Å². The molecule has 0 fully saturated rings. The second kappa shape index (κ2) is 9.11. The molecular formula is C25H24N4O4S. The fourth-order valence-corrected chi connectivity index (χ4v) is 5.05. The molecule has 4 rings (SSSR count). The van der Waals surface area contributed by atoms with Crippen molar-refractivity contribution >= 4 is 39.1 Å². The third-order valence-corrected chi connectivity index (χ3v) is 6.94. The Morgan fingerprint density at radius 3 is 2.09 bits per heavy atom. The van der Waals surface area contributed by atoms with Crippen molar-refractivity contribution in [1.29, 1.82) is 0 Å². The van der Waals surface area contributed by atoms with Crippen molar-refractivity contribution in [2.24, 2.45) is 0 Å². The summed E-state index contributed by atoms with van der Waals surface area (Å²) in [7, 11) is 4.88. The first-order valence-corrected chi connectivity index (χ1v) is 11.4. The van der Waals surface area contributed by atoms with E-state index in [1.165, 1.54) is 14.4 Å². The topological polar surface area (TPSA) is 84.6 Å². The molecule has 8 nitrogen and oxygen atoms in total. The largest absolute Gasteiger partial charge is 0.344 e. The van der Waals surface area contributed by atoms with Crippen LogP contribution in [0.25, 0.3) is 15.9 Å². The van der Waals surface area contributed by atoms with Gasteiger partial charge in [-0.1, -0.05) is 36.4 Å². The molecule has 0 unspecified atom stereocenters. The van der Waals surface area contributed by atoms with Crippen LogP contribution in [0.1, 0.15) is 15.2 Å². The van der Waals surface area contributed by atoms with Crippen LogP contribution >= 0.6 is 11.3 Å². The second-order valence-corrected chi connectivity index (χ2v) is 9.07. The molecular weight excluding hydrogens is 452 g/mol. The monoisotopic (exact) mass is 476 g/mol. The average molecular weight is 477 g/mol. The van der Waals surface area contributed by atoms with E-state index in [2.05, 4.69) is 0 Å². The smallest absolute Gasteiger partial charge is 0.337 e. The average Bonchev–Trinajstić information content (AvgIpc) is 3.19. The molecule has 2 heterocycles. The highest BCUT2D eigenvalue weighted by atomic mass is 32.1. The van der Waals surface area contributed by atoms with E-state index in [1.807, 2.05) is 18.2 Å². The first-order chi connectivity index (χ1) is 16.2. The van der Waals surface area contributed by atoms with Crippen LogP contribution in [0.2, 0.25) is 0 Å². The maximum absolute atomic E-state index is 13.6. The Labute approximate surface area is 199 Å². The number of benzene rings is 2. The number of aryl methyl sites for hydroxylation is 1. The number of nitrogens with zero attached hydrogens (tertiary/aromatic N) is 4. The van der Waals surface area contributed by atoms with Gasteiger partial charge in [0.2, 0.25) is 5.91 Å². The lowest BCUT2D eigenvalue weighted by Crippen LogP contribution is -2.42. The van der Waals surface area contributed by atoms with Crippen LogP contribution < -0.4 is 16.1 Å².